The third kappa shape index (κ3) is 4.45. The average Bonchev–Trinajstić information content (AvgIpc) is 3.38. The fourth-order valence-corrected chi connectivity index (χ4v) is 4.66. The van der Waals surface area contributed by atoms with Crippen molar-refractivity contribution >= 4 is 16.7 Å². The van der Waals surface area contributed by atoms with Crippen molar-refractivity contribution in [1.82, 2.24) is 25.1 Å². The highest BCUT2D eigenvalue weighted by atomic mass is 16.5. The molecule has 1 amide bonds. The highest BCUT2D eigenvalue weighted by molar-refractivity contribution is 5.93. The lowest BCUT2D eigenvalue weighted by molar-refractivity contribution is -0.122. The first-order valence-corrected chi connectivity index (χ1v) is 12.0. The number of aromatic nitrogens is 4. The maximum Gasteiger partial charge on any atom is 0.275 e. The molecule has 2 aromatic heterocycles. The molecule has 0 radical (unpaired) electrons. The molecular weight excluding hydrogens is 466 g/mol. The highest BCUT2D eigenvalue weighted by Gasteiger charge is 2.26. The van der Waals surface area contributed by atoms with Gasteiger partial charge in [-0.15, -0.1) is 0 Å². The monoisotopic (exact) mass is 489 g/mol. The van der Waals surface area contributed by atoms with Crippen molar-refractivity contribution in [1.29, 1.82) is 0 Å². The first kappa shape index (κ1) is 22.6. The summed E-state index contributed by atoms with van der Waals surface area (Å²) in [4.78, 5) is 34.5. The van der Waals surface area contributed by atoms with Gasteiger partial charge in [-0.25, -0.2) is 4.68 Å². The van der Waals surface area contributed by atoms with Gasteiger partial charge in [0.05, 0.1) is 29.5 Å². The summed E-state index contributed by atoms with van der Waals surface area (Å²) in [7, 11) is 0. The lowest BCUT2D eigenvalue weighted by Crippen LogP contribution is -2.38. The Morgan fingerprint density at radius 1 is 0.973 bits per heavy atom. The van der Waals surface area contributed by atoms with Crippen molar-refractivity contribution in [3.8, 4) is 28.3 Å². The fourth-order valence-electron chi connectivity index (χ4n) is 4.66. The molecule has 3 aromatic carbocycles. The number of hydrogen-bond donors (Lipinski definition) is 1. The van der Waals surface area contributed by atoms with Crippen LogP contribution in [0.25, 0.3) is 33.3 Å². The van der Waals surface area contributed by atoms with Crippen LogP contribution >= 0.6 is 0 Å². The van der Waals surface area contributed by atoms with Crippen molar-refractivity contribution < 1.29 is 9.53 Å². The van der Waals surface area contributed by atoms with E-state index in [2.05, 4.69) is 20.4 Å². The van der Waals surface area contributed by atoms with Crippen LogP contribution in [0.3, 0.4) is 0 Å². The molecule has 37 heavy (non-hydrogen) atoms. The Bertz CT molecular complexity index is 1650. The zero-order valence-corrected chi connectivity index (χ0v) is 19.9. The van der Waals surface area contributed by atoms with Crippen LogP contribution in [-0.4, -0.2) is 38.3 Å². The van der Waals surface area contributed by atoms with Crippen molar-refractivity contribution in [2.75, 3.05) is 6.54 Å². The summed E-state index contributed by atoms with van der Waals surface area (Å²) in [6, 6.07) is 22.9. The van der Waals surface area contributed by atoms with E-state index in [1.54, 1.807) is 24.7 Å². The van der Waals surface area contributed by atoms with Crippen LogP contribution < -0.4 is 15.6 Å². The highest BCUT2D eigenvalue weighted by Crippen LogP contribution is 2.37. The number of benzene rings is 3. The number of amides is 1. The Morgan fingerprint density at radius 3 is 2.59 bits per heavy atom. The van der Waals surface area contributed by atoms with Gasteiger partial charge < -0.3 is 10.1 Å². The number of carbonyl (C=O) groups excluding carboxylic acids is 1. The van der Waals surface area contributed by atoms with Crippen molar-refractivity contribution in [2.24, 2.45) is 0 Å². The van der Waals surface area contributed by atoms with Crippen LogP contribution in [0, 0.1) is 0 Å². The van der Waals surface area contributed by atoms with Crippen LogP contribution in [0.5, 0.6) is 5.75 Å². The molecule has 3 heterocycles. The molecule has 0 bridgehead atoms. The summed E-state index contributed by atoms with van der Waals surface area (Å²) in [6.07, 6.45) is 5.41. The van der Waals surface area contributed by atoms with E-state index in [9.17, 15) is 9.59 Å². The Kier molecular flexibility index (Phi) is 5.90. The number of hydrogen-bond acceptors (Lipinski definition) is 6. The van der Waals surface area contributed by atoms with Gasteiger partial charge in [-0.3, -0.25) is 19.6 Å². The molecule has 8 nitrogen and oxygen atoms in total. The standard InChI is InChI=1S/C29H23N5O3/c35-26(32-16-21-15-20-9-6-12-24(28(20)37-21)25-17-30-13-14-31-25)18-34-29(36)23-11-5-4-10-22(23)27(33-34)19-7-2-1-3-8-19/h1-14,17,21H,15-16,18H2,(H,32,35)/t21-/m0/s1. The number of fused-ring (bicyclic) bond motifs is 2. The molecule has 0 unspecified atom stereocenters. The van der Waals surface area contributed by atoms with E-state index in [1.807, 2.05) is 66.7 Å². The van der Waals surface area contributed by atoms with Gasteiger partial charge in [-0.2, -0.15) is 5.10 Å². The van der Waals surface area contributed by atoms with E-state index in [-0.39, 0.29) is 24.1 Å². The largest absolute Gasteiger partial charge is 0.487 e. The SMILES string of the molecule is O=C(Cn1nc(-c2ccccc2)c2ccccc2c1=O)NC[C@@H]1Cc2cccc(-c3cnccn3)c2O1. The third-order valence-electron chi connectivity index (χ3n) is 6.40. The van der Waals surface area contributed by atoms with Crippen LogP contribution in [0.2, 0.25) is 0 Å². The topological polar surface area (TPSA) is 99.0 Å². The van der Waals surface area contributed by atoms with Gasteiger partial charge in [0.1, 0.15) is 18.4 Å². The van der Waals surface area contributed by atoms with E-state index in [4.69, 9.17) is 4.74 Å². The van der Waals surface area contributed by atoms with Crippen LogP contribution in [0.15, 0.2) is 96.2 Å². The minimum Gasteiger partial charge on any atom is -0.487 e. The van der Waals surface area contributed by atoms with Gasteiger partial charge in [0.15, 0.2) is 0 Å². The summed E-state index contributed by atoms with van der Waals surface area (Å²) in [5, 5.41) is 8.76. The summed E-state index contributed by atoms with van der Waals surface area (Å²) in [5.41, 5.74) is 3.91. The van der Waals surface area contributed by atoms with Gasteiger partial charge in [0, 0.05) is 35.3 Å². The summed E-state index contributed by atoms with van der Waals surface area (Å²) >= 11 is 0. The molecular formula is C29H23N5O3. The molecule has 0 saturated carbocycles. The number of ether oxygens (including phenoxy) is 1. The van der Waals surface area contributed by atoms with E-state index >= 15 is 0 Å². The molecule has 182 valence electrons. The van der Waals surface area contributed by atoms with Crippen LogP contribution in [0.1, 0.15) is 5.56 Å². The molecule has 0 spiro atoms. The Balaban J connectivity index is 1.19. The maximum absolute atomic E-state index is 13.1. The van der Waals surface area contributed by atoms with Crippen molar-refractivity contribution in [3.63, 3.8) is 0 Å². The second-order valence-corrected chi connectivity index (χ2v) is 8.86. The summed E-state index contributed by atoms with van der Waals surface area (Å²) in [6.45, 7) is 0.120. The zero-order chi connectivity index (χ0) is 25.2. The number of rotatable bonds is 6. The lowest BCUT2D eigenvalue weighted by Gasteiger charge is -2.14. The third-order valence-corrected chi connectivity index (χ3v) is 6.40. The predicted molar refractivity (Wildman–Crippen MR) is 140 cm³/mol. The average molecular weight is 490 g/mol. The predicted octanol–water partition coefficient (Wildman–Crippen LogP) is 3.64. The zero-order valence-electron chi connectivity index (χ0n) is 19.9. The van der Waals surface area contributed by atoms with Gasteiger partial charge >= 0.3 is 0 Å². The van der Waals surface area contributed by atoms with Gasteiger partial charge in [-0.1, -0.05) is 60.7 Å². The molecule has 0 saturated heterocycles. The second kappa shape index (κ2) is 9.66. The molecule has 6 rings (SSSR count). The number of nitrogens with zero attached hydrogens (tertiary/aromatic N) is 4. The quantitative estimate of drug-likeness (QED) is 0.391. The number of carbonyl (C=O) groups is 1. The molecule has 1 aliphatic rings. The Morgan fingerprint density at radius 2 is 1.78 bits per heavy atom. The first-order valence-electron chi connectivity index (χ1n) is 12.0. The molecule has 5 aromatic rings. The summed E-state index contributed by atoms with van der Waals surface area (Å²) < 4.78 is 7.42. The molecule has 8 heteroatoms. The molecule has 0 aliphatic carbocycles. The van der Waals surface area contributed by atoms with E-state index in [0.29, 0.717) is 24.0 Å². The number of para-hydroxylation sites is 1. The van der Waals surface area contributed by atoms with E-state index < -0.39 is 0 Å². The number of nitrogens with one attached hydrogen (secondary N) is 1. The molecule has 1 atom stereocenters. The summed E-state index contributed by atoms with van der Waals surface area (Å²) in [5.74, 6) is 0.458. The maximum atomic E-state index is 13.1. The van der Waals surface area contributed by atoms with E-state index in [0.717, 1.165) is 33.5 Å². The minimum atomic E-state index is -0.308. The first-order chi connectivity index (χ1) is 18.2. The minimum absolute atomic E-state index is 0.186. The van der Waals surface area contributed by atoms with E-state index in [1.165, 1.54) is 4.68 Å². The fraction of sp³-hybridized carbons (Fsp3) is 0.138. The molecule has 0 fully saturated rings. The molecule has 1 N–H and O–H groups in total. The lowest BCUT2D eigenvalue weighted by atomic mass is 10.0. The Hall–Kier alpha value is -4.85. The van der Waals surface area contributed by atoms with Crippen molar-refractivity contribution in [3.05, 3.63) is 107 Å². The normalized spacial score (nSPS) is 14.2. The second-order valence-electron chi connectivity index (χ2n) is 8.86. The van der Waals surface area contributed by atoms with Crippen molar-refractivity contribution in [2.45, 2.75) is 19.1 Å². The van der Waals surface area contributed by atoms with Crippen LogP contribution in [-0.2, 0) is 17.8 Å². The van der Waals surface area contributed by atoms with Gasteiger partial charge in [0.25, 0.3) is 5.56 Å². The smallest absolute Gasteiger partial charge is 0.275 e. The van der Waals surface area contributed by atoms with Crippen LogP contribution in [0.4, 0.5) is 0 Å². The Labute approximate surface area is 212 Å². The van der Waals surface area contributed by atoms with Gasteiger partial charge in [0.2, 0.25) is 5.91 Å². The molecule has 1 aliphatic heterocycles. The van der Waals surface area contributed by atoms with Gasteiger partial charge in [-0.05, 0) is 17.7 Å².